The second kappa shape index (κ2) is 4.40. The third-order valence-electron chi connectivity index (χ3n) is 4.52. The van der Waals surface area contributed by atoms with Gasteiger partial charge in [-0.05, 0) is 24.1 Å². The van der Waals surface area contributed by atoms with E-state index in [9.17, 15) is 10.2 Å². The molecule has 108 valence electrons. The van der Waals surface area contributed by atoms with Crippen LogP contribution in [0.4, 0.5) is 0 Å². The van der Waals surface area contributed by atoms with Crippen molar-refractivity contribution >= 4 is 0 Å². The number of fused-ring (bicyclic) bond motifs is 5. The summed E-state index contributed by atoms with van der Waals surface area (Å²) in [6.07, 6.45) is 0. The number of nitrogens with one attached hydrogen (secondary N) is 1. The minimum absolute atomic E-state index is 0.103. The van der Waals surface area contributed by atoms with Gasteiger partial charge < -0.3 is 20.3 Å². The van der Waals surface area contributed by atoms with Crippen LogP contribution in [-0.2, 0) is 0 Å². The average molecular weight is 283 g/mol. The van der Waals surface area contributed by atoms with Crippen molar-refractivity contribution in [3.63, 3.8) is 0 Å². The number of hydrogen-bond donors (Lipinski definition) is 3. The lowest BCUT2D eigenvalue weighted by molar-refractivity contribution is 0.204. The number of phenolic OH excluding ortho intramolecular Hbond substituents is 2. The molecular formula is C17H17NO3. The Bertz CT molecular complexity index is 713. The molecule has 0 spiro atoms. The van der Waals surface area contributed by atoms with E-state index in [1.54, 1.807) is 6.07 Å². The minimum Gasteiger partial charge on any atom is -0.504 e. The van der Waals surface area contributed by atoms with Crippen molar-refractivity contribution in [2.24, 2.45) is 0 Å². The maximum absolute atomic E-state index is 9.84. The fourth-order valence-corrected chi connectivity index (χ4v) is 3.56. The Labute approximate surface area is 123 Å². The normalized spacial score (nSPS) is 26.2. The van der Waals surface area contributed by atoms with Crippen LogP contribution in [0.25, 0.3) is 0 Å². The quantitative estimate of drug-likeness (QED) is 0.650. The molecule has 3 N–H and O–H groups in total. The van der Waals surface area contributed by atoms with Gasteiger partial charge in [0.05, 0.1) is 6.04 Å². The number of hydrogen-bond acceptors (Lipinski definition) is 4. The van der Waals surface area contributed by atoms with E-state index in [1.807, 2.05) is 12.1 Å². The summed E-state index contributed by atoms with van der Waals surface area (Å²) in [6, 6.07) is 11.9. The van der Waals surface area contributed by atoms with E-state index in [2.05, 4.69) is 24.4 Å². The van der Waals surface area contributed by atoms with Gasteiger partial charge in [0.1, 0.15) is 12.4 Å². The second-order valence-corrected chi connectivity index (χ2v) is 5.79. The maximum Gasteiger partial charge on any atom is 0.161 e. The molecule has 0 amide bonds. The van der Waals surface area contributed by atoms with Crippen LogP contribution >= 0.6 is 0 Å². The zero-order chi connectivity index (χ0) is 14.6. The van der Waals surface area contributed by atoms with Crippen molar-refractivity contribution in [2.75, 3.05) is 6.61 Å². The fourth-order valence-electron chi connectivity index (χ4n) is 3.56. The Morgan fingerprint density at radius 1 is 1.05 bits per heavy atom. The van der Waals surface area contributed by atoms with E-state index in [0.717, 1.165) is 5.56 Å². The van der Waals surface area contributed by atoms with Crippen LogP contribution < -0.4 is 10.1 Å². The highest BCUT2D eigenvalue weighted by Crippen LogP contribution is 2.47. The predicted molar refractivity (Wildman–Crippen MR) is 78.9 cm³/mol. The van der Waals surface area contributed by atoms with Crippen LogP contribution in [-0.4, -0.2) is 22.9 Å². The summed E-state index contributed by atoms with van der Waals surface area (Å²) in [5.41, 5.74) is 3.47. The molecule has 2 aliphatic heterocycles. The molecule has 2 heterocycles. The molecule has 0 bridgehead atoms. The minimum atomic E-state index is -0.141. The van der Waals surface area contributed by atoms with E-state index in [-0.39, 0.29) is 29.5 Å². The van der Waals surface area contributed by atoms with Gasteiger partial charge >= 0.3 is 0 Å². The lowest BCUT2D eigenvalue weighted by atomic mass is 9.76. The first kappa shape index (κ1) is 12.5. The van der Waals surface area contributed by atoms with Gasteiger partial charge in [0.2, 0.25) is 0 Å². The third-order valence-corrected chi connectivity index (χ3v) is 4.52. The Kier molecular flexibility index (Phi) is 2.62. The summed E-state index contributed by atoms with van der Waals surface area (Å²) in [4.78, 5) is 0. The third kappa shape index (κ3) is 1.79. The molecule has 0 fully saturated rings. The molecule has 3 unspecified atom stereocenters. The van der Waals surface area contributed by atoms with Gasteiger partial charge in [0, 0.05) is 23.6 Å². The Morgan fingerprint density at radius 2 is 1.76 bits per heavy atom. The first-order chi connectivity index (χ1) is 10.1. The van der Waals surface area contributed by atoms with Gasteiger partial charge in [-0.2, -0.15) is 0 Å². The molecule has 21 heavy (non-hydrogen) atoms. The molecule has 0 radical (unpaired) electrons. The van der Waals surface area contributed by atoms with Gasteiger partial charge in [-0.3, -0.25) is 0 Å². The molecule has 3 atom stereocenters. The Hall–Kier alpha value is -2.20. The van der Waals surface area contributed by atoms with Crippen LogP contribution in [0.5, 0.6) is 17.2 Å². The first-order valence-electron chi connectivity index (χ1n) is 7.18. The molecule has 0 aromatic heterocycles. The van der Waals surface area contributed by atoms with Gasteiger partial charge in [-0.1, -0.05) is 24.3 Å². The lowest BCUT2D eigenvalue weighted by Gasteiger charge is -2.41. The second-order valence-electron chi connectivity index (χ2n) is 5.79. The van der Waals surface area contributed by atoms with Crippen molar-refractivity contribution in [2.45, 2.75) is 24.9 Å². The maximum atomic E-state index is 9.84. The molecule has 2 aliphatic rings. The summed E-state index contributed by atoms with van der Waals surface area (Å²) in [6.45, 7) is 2.71. The topological polar surface area (TPSA) is 61.7 Å². The van der Waals surface area contributed by atoms with Crippen LogP contribution in [0.1, 0.15) is 35.6 Å². The Morgan fingerprint density at radius 3 is 2.57 bits per heavy atom. The van der Waals surface area contributed by atoms with Gasteiger partial charge in [0.25, 0.3) is 0 Å². The highest BCUT2D eigenvalue weighted by atomic mass is 16.5. The van der Waals surface area contributed by atoms with E-state index >= 15 is 0 Å². The smallest absolute Gasteiger partial charge is 0.161 e. The van der Waals surface area contributed by atoms with Crippen LogP contribution in [0.3, 0.4) is 0 Å². The van der Waals surface area contributed by atoms with E-state index in [0.29, 0.717) is 12.4 Å². The molecule has 4 nitrogen and oxygen atoms in total. The molecule has 4 heteroatoms. The molecular weight excluding hydrogens is 266 g/mol. The summed E-state index contributed by atoms with van der Waals surface area (Å²) in [7, 11) is 0. The molecule has 4 rings (SSSR count). The summed E-state index contributed by atoms with van der Waals surface area (Å²) in [5.74, 6) is 0.539. The van der Waals surface area contributed by atoms with Crippen molar-refractivity contribution in [3.8, 4) is 17.2 Å². The highest BCUT2D eigenvalue weighted by Gasteiger charge is 2.38. The summed E-state index contributed by atoms with van der Waals surface area (Å²) in [5, 5.41) is 23.1. The zero-order valence-electron chi connectivity index (χ0n) is 11.7. The summed E-state index contributed by atoms with van der Waals surface area (Å²) < 4.78 is 5.76. The van der Waals surface area contributed by atoms with Crippen molar-refractivity contribution < 1.29 is 14.9 Å². The highest BCUT2D eigenvalue weighted by molar-refractivity contribution is 5.56. The average Bonchev–Trinajstić information content (AvgIpc) is 2.49. The van der Waals surface area contributed by atoms with Crippen molar-refractivity contribution in [1.82, 2.24) is 5.32 Å². The molecule has 0 saturated heterocycles. The lowest BCUT2D eigenvalue weighted by Crippen LogP contribution is -2.47. The predicted octanol–water partition coefficient (Wildman–Crippen LogP) is 2.65. The Balaban J connectivity index is 1.93. The van der Waals surface area contributed by atoms with Gasteiger partial charge in [0.15, 0.2) is 11.5 Å². The van der Waals surface area contributed by atoms with Crippen LogP contribution in [0.2, 0.25) is 0 Å². The van der Waals surface area contributed by atoms with Gasteiger partial charge in [-0.25, -0.2) is 0 Å². The SMILES string of the molecule is CC1NC2COc3cc(O)c(O)cc3C2c2ccccc21. The molecule has 0 saturated carbocycles. The molecule has 2 aromatic rings. The fraction of sp³-hybridized carbons (Fsp3) is 0.294. The number of aromatic hydroxyl groups is 2. The zero-order valence-corrected chi connectivity index (χ0v) is 11.7. The van der Waals surface area contributed by atoms with Crippen molar-refractivity contribution in [3.05, 3.63) is 53.1 Å². The monoisotopic (exact) mass is 283 g/mol. The number of rotatable bonds is 0. The standard InChI is InChI=1S/C17H17NO3/c1-9-10-4-2-3-5-11(10)17-12-6-14(19)15(20)7-16(12)21-8-13(17)18-9/h2-7,9,13,17-20H,8H2,1H3. The number of phenols is 2. The summed E-state index contributed by atoms with van der Waals surface area (Å²) >= 11 is 0. The molecule has 0 aliphatic carbocycles. The van der Waals surface area contributed by atoms with Gasteiger partial charge in [-0.15, -0.1) is 0 Å². The first-order valence-corrected chi connectivity index (χ1v) is 7.18. The molecule has 2 aromatic carbocycles. The van der Waals surface area contributed by atoms with E-state index in [1.165, 1.54) is 17.2 Å². The number of benzene rings is 2. The van der Waals surface area contributed by atoms with Crippen LogP contribution in [0, 0.1) is 0 Å². The van der Waals surface area contributed by atoms with Crippen LogP contribution in [0.15, 0.2) is 36.4 Å². The van der Waals surface area contributed by atoms with E-state index in [4.69, 9.17) is 4.74 Å². The van der Waals surface area contributed by atoms with E-state index < -0.39 is 0 Å². The largest absolute Gasteiger partial charge is 0.504 e. The van der Waals surface area contributed by atoms with Crippen molar-refractivity contribution in [1.29, 1.82) is 0 Å². The number of ether oxygens (including phenoxy) is 1.